The number of carbonyl (C=O) groups excluding carboxylic acids is 1. The van der Waals surface area contributed by atoms with Crippen LogP contribution in [0.4, 0.5) is 11.4 Å². The number of anilines is 2. The Morgan fingerprint density at radius 1 is 1.09 bits per heavy atom. The maximum absolute atomic E-state index is 13.0. The lowest BCUT2D eigenvalue weighted by Gasteiger charge is -2.26. The predicted octanol–water partition coefficient (Wildman–Crippen LogP) is 3.01. The van der Waals surface area contributed by atoms with E-state index in [0.29, 0.717) is 38.2 Å². The van der Waals surface area contributed by atoms with Crippen molar-refractivity contribution in [2.45, 2.75) is 31.6 Å². The molecule has 1 amide bonds. The first-order valence-electron chi connectivity index (χ1n) is 12.0. The van der Waals surface area contributed by atoms with Gasteiger partial charge in [-0.3, -0.25) is 4.79 Å². The molecule has 9 nitrogen and oxygen atoms in total. The largest absolute Gasteiger partial charge is 0.379 e. The molecule has 10 heteroatoms. The molecule has 0 bridgehead atoms. The van der Waals surface area contributed by atoms with Crippen LogP contribution in [-0.2, 0) is 33.0 Å². The van der Waals surface area contributed by atoms with Gasteiger partial charge in [-0.05, 0) is 56.3 Å². The molecular formula is C25H33N5O4S. The highest BCUT2D eigenvalue weighted by Gasteiger charge is 2.27. The van der Waals surface area contributed by atoms with Crippen LogP contribution in [0.15, 0.2) is 47.4 Å². The Morgan fingerprint density at radius 3 is 2.43 bits per heavy atom. The Hall–Kier alpha value is -2.95. The number of hydrogen-bond acceptors (Lipinski definition) is 6. The van der Waals surface area contributed by atoms with Gasteiger partial charge in [0.25, 0.3) is 0 Å². The lowest BCUT2D eigenvalue weighted by Crippen LogP contribution is -2.40. The van der Waals surface area contributed by atoms with Gasteiger partial charge in [-0.1, -0.05) is 0 Å². The van der Waals surface area contributed by atoms with E-state index in [4.69, 9.17) is 4.74 Å². The van der Waals surface area contributed by atoms with Crippen LogP contribution >= 0.6 is 0 Å². The molecule has 2 aromatic carbocycles. The number of nitrogens with one attached hydrogen (secondary N) is 1. The van der Waals surface area contributed by atoms with Crippen molar-refractivity contribution < 1.29 is 17.9 Å². The number of nitrogens with zero attached hydrogens (tertiary/aromatic N) is 4. The maximum atomic E-state index is 13.0. The molecule has 0 spiro atoms. The van der Waals surface area contributed by atoms with Crippen molar-refractivity contribution >= 4 is 38.3 Å². The molecule has 1 saturated heterocycles. The molecule has 188 valence electrons. The molecule has 2 heterocycles. The van der Waals surface area contributed by atoms with Crippen molar-refractivity contribution in [1.82, 2.24) is 13.9 Å². The zero-order valence-corrected chi connectivity index (χ0v) is 21.3. The van der Waals surface area contributed by atoms with Crippen LogP contribution in [0.3, 0.4) is 0 Å². The smallest absolute Gasteiger partial charge is 0.243 e. The van der Waals surface area contributed by atoms with E-state index in [9.17, 15) is 13.2 Å². The number of morpholine rings is 1. The summed E-state index contributed by atoms with van der Waals surface area (Å²) in [5, 5.41) is 2.94. The first kappa shape index (κ1) is 25.2. The summed E-state index contributed by atoms with van der Waals surface area (Å²) in [6.45, 7) is 7.59. The van der Waals surface area contributed by atoms with Gasteiger partial charge in [0.05, 0.1) is 29.1 Å². The molecule has 3 aromatic rings. The fourth-order valence-electron chi connectivity index (χ4n) is 4.34. The molecule has 0 saturated carbocycles. The lowest BCUT2D eigenvalue weighted by molar-refractivity contribution is -0.116. The molecule has 1 fully saturated rings. The Morgan fingerprint density at radius 2 is 1.77 bits per heavy atom. The first-order valence-corrected chi connectivity index (χ1v) is 13.5. The molecule has 1 aliphatic rings. The predicted molar refractivity (Wildman–Crippen MR) is 137 cm³/mol. The summed E-state index contributed by atoms with van der Waals surface area (Å²) in [5.74, 6) is 0.635. The average Bonchev–Trinajstić information content (AvgIpc) is 3.20. The quantitative estimate of drug-likeness (QED) is 0.486. The average molecular weight is 500 g/mol. The number of sulfonamides is 1. The van der Waals surface area contributed by atoms with Crippen LogP contribution in [0.25, 0.3) is 11.0 Å². The number of imidazole rings is 1. The second-order valence-electron chi connectivity index (χ2n) is 8.52. The van der Waals surface area contributed by atoms with Crippen LogP contribution in [0.2, 0.25) is 0 Å². The third-order valence-electron chi connectivity index (χ3n) is 6.41. The SMILES string of the molecule is CCN(CC)c1ccc(NC(=O)CCc2nc3cc(S(=O)(=O)N4CCOCC4)ccc3n2C)cc1. The van der Waals surface area contributed by atoms with Crippen LogP contribution in [0.5, 0.6) is 0 Å². The zero-order chi connectivity index (χ0) is 25.0. The molecule has 0 unspecified atom stereocenters. The number of fused-ring (bicyclic) bond motifs is 1. The van der Waals surface area contributed by atoms with E-state index in [-0.39, 0.29) is 17.2 Å². The minimum absolute atomic E-state index is 0.0942. The first-order chi connectivity index (χ1) is 16.8. The second kappa shape index (κ2) is 10.8. The third kappa shape index (κ3) is 5.50. The van der Waals surface area contributed by atoms with Crippen molar-refractivity contribution in [1.29, 1.82) is 0 Å². The molecular weight excluding hydrogens is 466 g/mol. The Bertz CT molecular complexity index is 1280. The van der Waals surface area contributed by atoms with Crippen molar-refractivity contribution in [3.05, 3.63) is 48.3 Å². The fraction of sp³-hybridized carbons (Fsp3) is 0.440. The molecule has 0 radical (unpaired) electrons. The van der Waals surface area contributed by atoms with Gasteiger partial charge in [-0.25, -0.2) is 13.4 Å². The number of ether oxygens (including phenoxy) is 1. The molecule has 1 aromatic heterocycles. The molecule has 0 aliphatic carbocycles. The Kier molecular flexibility index (Phi) is 7.73. The van der Waals surface area contributed by atoms with Crippen LogP contribution in [0.1, 0.15) is 26.1 Å². The number of hydrogen-bond donors (Lipinski definition) is 1. The van der Waals surface area contributed by atoms with Gasteiger partial charge in [0.2, 0.25) is 15.9 Å². The minimum Gasteiger partial charge on any atom is -0.379 e. The monoisotopic (exact) mass is 499 g/mol. The number of aromatic nitrogens is 2. The summed E-state index contributed by atoms with van der Waals surface area (Å²) in [7, 11) is -1.71. The van der Waals surface area contributed by atoms with E-state index in [0.717, 1.165) is 35.8 Å². The fourth-order valence-corrected chi connectivity index (χ4v) is 5.77. The topological polar surface area (TPSA) is 96.8 Å². The number of aryl methyl sites for hydroxylation is 2. The Labute approximate surface area is 206 Å². The highest BCUT2D eigenvalue weighted by molar-refractivity contribution is 7.89. The van der Waals surface area contributed by atoms with E-state index in [1.165, 1.54) is 4.31 Å². The molecule has 1 aliphatic heterocycles. The highest BCUT2D eigenvalue weighted by Crippen LogP contribution is 2.24. The van der Waals surface area contributed by atoms with E-state index >= 15 is 0 Å². The van der Waals surface area contributed by atoms with E-state index in [1.807, 2.05) is 35.9 Å². The number of amides is 1. The van der Waals surface area contributed by atoms with E-state index in [2.05, 4.69) is 29.0 Å². The van der Waals surface area contributed by atoms with Crippen LogP contribution in [0, 0.1) is 0 Å². The molecule has 4 rings (SSSR count). The summed E-state index contributed by atoms with van der Waals surface area (Å²) in [6, 6.07) is 12.9. The van der Waals surface area contributed by atoms with Gasteiger partial charge >= 0.3 is 0 Å². The van der Waals surface area contributed by atoms with Crippen molar-refractivity contribution in [2.75, 3.05) is 49.6 Å². The van der Waals surface area contributed by atoms with Gasteiger partial charge in [-0.15, -0.1) is 0 Å². The number of benzene rings is 2. The van der Waals surface area contributed by atoms with Gasteiger partial charge in [0.1, 0.15) is 5.82 Å². The van der Waals surface area contributed by atoms with Crippen molar-refractivity contribution in [2.24, 2.45) is 7.05 Å². The van der Waals surface area contributed by atoms with E-state index in [1.54, 1.807) is 18.2 Å². The lowest BCUT2D eigenvalue weighted by atomic mass is 10.2. The summed E-state index contributed by atoms with van der Waals surface area (Å²) in [5.41, 5.74) is 3.31. The van der Waals surface area contributed by atoms with Gasteiger partial charge in [-0.2, -0.15) is 4.31 Å². The second-order valence-corrected chi connectivity index (χ2v) is 10.5. The van der Waals surface area contributed by atoms with Crippen LogP contribution in [-0.4, -0.2) is 67.6 Å². The zero-order valence-electron chi connectivity index (χ0n) is 20.5. The normalized spacial score (nSPS) is 14.8. The molecule has 35 heavy (non-hydrogen) atoms. The summed E-state index contributed by atoms with van der Waals surface area (Å²) < 4.78 is 34.6. The Balaban J connectivity index is 1.42. The summed E-state index contributed by atoms with van der Waals surface area (Å²) >= 11 is 0. The van der Waals surface area contributed by atoms with Crippen LogP contribution < -0.4 is 10.2 Å². The summed E-state index contributed by atoms with van der Waals surface area (Å²) in [4.78, 5) is 19.7. The maximum Gasteiger partial charge on any atom is 0.243 e. The summed E-state index contributed by atoms with van der Waals surface area (Å²) in [6.07, 6.45) is 0.716. The van der Waals surface area contributed by atoms with Gasteiger partial charge in [0.15, 0.2) is 0 Å². The van der Waals surface area contributed by atoms with Gasteiger partial charge in [0, 0.05) is 57.4 Å². The van der Waals surface area contributed by atoms with Gasteiger partial charge < -0.3 is 19.5 Å². The van der Waals surface area contributed by atoms with E-state index < -0.39 is 10.0 Å². The third-order valence-corrected chi connectivity index (χ3v) is 8.30. The minimum atomic E-state index is -3.59. The standard InChI is InChI=1S/C25H33N5O4S/c1-4-29(5-2)20-8-6-19(7-9-20)26-25(31)13-12-24-27-22-18-21(10-11-23(22)28(24)3)35(32,33)30-14-16-34-17-15-30/h6-11,18H,4-5,12-17H2,1-3H3,(H,26,31). The molecule has 1 N–H and O–H groups in total. The van der Waals surface area contributed by atoms with Crippen molar-refractivity contribution in [3.8, 4) is 0 Å². The highest BCUT2D eigenvalue weighted by atomic mass is 32.2. The number of carbonyl (C=O) groups is 1. The number of rotatable bonds is 9. The molecule has 0 atom stereocenters. The van der Waals surface area contributed by atoms with Crippen molar-refractivity contribution in [3.63, 3.8) is 0 Å².